The Morgan fingerprint density at radius 2 is 1.69 bits per heavy atom. The minimum absolute atomic E-state index is 0.0822. The molecule has 1 amide bonds. The normalized spacial score (nSPS) is 15.1. The second-order valence-corrected chi connectivity index (χ2v) is 7.17. The minimum atomic E-state index is -0.0822. The van der Waals surface area contributed by atoms with Gasteiger partial charge in [-0.2, -0.15) is 0 Å². The summed E-state index contributed by atoms with van der Waals surface area (Å²) in [6, 6.07) is 15.6. The number of hydrogen-bond acceptors (Lipinski definition) is 5. The van der Waals surface area contributed by atoms with Crippen molar-refractivity contribution in [2.45, 2.75) is 25.4 Å². The zero-order chi connectivity index (χ0) is 20.5. The quantitative estimate of drug-likeness (QED) is 0.658. The van der Waals surface area contributed by atoms with E-state index in [-0.39, 0.29) is 11.9 Å². The number of benzene rings is 2. The number of nitrogens with zero attached hydrogens (tertiary/aromatic N) is 1. The topological polar surface area (TPSA) is 60.0 Å². The molecule has 6 heteroatoms. The molecular weight excluding hydrogens is 368 g/mol. The van der Waals surface area contributed by atoms with Crippen molar-refractivity contribution in [2.75, 3.05) is 40.5 Å². The summed E-state index contributed by atoms with van der Waals surface area (Å²) in [5.74, 6) is 1.44. The van der Waals surface area contributed by atoms with E-state index >= 15 is 0 Å². The first-order valence-corrected chi connectivity index (χ1v) is 10.1. The van der Waals surface area contributed by atoms with Gasteiger partial charge < -0.3 is 19.5 Å². The summed E-state index contributed by atoms with van der Waals surface area (Å²) in [6.45, 7) is 3.65. The van der Waals surface area contributed by atoms with E-state index in [1.807, 2.05) is 36.4 Å². The number of carbonyl (C=O) groups excluding carboxylic acids is 1. The van der Waals surface area contributed by atoms with Crippen molar-refractivity contribution in [1.82, 2.24) is 10.2 Å². The molecular formula is C23H30N2O4. The predicted molar refractivity (Wildman–Crippen MR) is 113 cm³/mol. The van der Waals surface area contributed by atoms with Crippen molar-refractivity contribution in [1.29, 1.82) is 0 Å². The summed E-state index contributed by atoms with van der Waals surface area (Å²) in [5, 5.41) is 3.17. The Morgan fingerprint density at radius 3 is 2.41 bits per heavy atom. The monoisotopic (exact) mass is 398 g/mol. The Bertz CT molecular complexity index is 788. The van der Waals surface area contributed by atoms with Crippen LogP contribution < -0.4 is 14.8 Å². The van der Waals surface area contributed by atoms with Gasteiger partial charge in [-0.3, -0.25) is 9.69 Å². The molecule has 1 N–H and O–H groups in total. The molecule has 0 saturated carbocycles. The first kappa shape index (κ1) is 21.1. The summed E-state index contributed by atoms with van der Waals surface area (Å²) >= 11 is 0. The van der Waals surface area contributed by atoms with E-state index in [0.29, 0.717) is 24.5 Å². The van der Waals surface area contributed by atoms with E-state index < -0.39 is 0 Å². The number of piperidine rings is 1. The molecule has 3 rings (SSSR count). The lowest BCUT2D eigenvalue weighted by atomic mass is 10.0. The molecule has 1 heterocycles. The van der Waals surface area contributed by atoms with Crippen LogP contribution in [0.1, 0.15) is 28.8 Å². The summed E-state index contributed by atoms with van der Waals surface area (Å²) in [7, 11) is 3.33. The Hall–Kier alpha value is -2.57. The van der Waals surface area contributed by atoms with E-state index in [4.69, 9.17) is 14.2 Å². The molecule has 0 unspecified atom stereocenters. The third kappa shape index (κ3) is 5.95. The maximum Gasteiger partial charge on any atom is 0.255 e. The van der Waals surface area contributed by atoms with Gasteiger partial charge in [0.25, 0.3) is 5.91 Å². The molecule has 0 spiro atoms. The molecule has 1 fully saturated rings. The van der Waals surface area contributed by atoms with Crippen LogP contribution in [0.25, 0.3) is 0 Å². The molecule has 0 radical (unpaired) electrons. The fourth-order valence-corrected chi connectivity index (χ4v) is 3.59. The number of ether oxygens (including phenoxy) is 3. The lowest BCUT2D eigenvalue weighted by Crippen LogP contribution is -2.44. The van der Waals surface area contributed by atoms with E-state index in [2.05, 4.69) is 16.3 Å². The zero-order valence-corrected chi connectivity index (χ0v) is 17.2. The minimum Gasteiger partial charge on any atom is -0.496 e. The van der Waals surface area contributed by atoms with Gasteiger partial charge in [-0.1, -0.05) is 30.3 Å². The number of nitrogens with one attached hydrogen (secondary N) is 1. The van der Waals surface area contributed by atoms with Gasteiger partial charge in [0.1, 0.15) is 18.1 Å². The first-order chi connectivity index (χ1) is 14.2. The van der Waals surface area contributed by atoms with Crippen molar-refractivity contribution in [3.63, 3.8) is 0 Å². The molecule has 2 aromatic rings. The highest BCUT2D eigenvalue weighted by molar-refractivity contribution is 5.97. The van der Waals surface area contributed by atoms with Gasteiger partial charge in [-0.25, -0.2) is 0 Å². The lowest BCUT2D eigenvalue weighted by Gasteiger charge is -2.32. The predicted octanol–water partition coefficient (Wildman–Crippen LogP) is 3.11. The van der Waals surface area contributed by atoms with Gasteiger partial charge >= 0.3 is 0 Å². The SMILES string of the molecule is COCCOc1ccccc1C(=O)NC1CCN(Cc2ccccc2OC)CC1. The third-order valence-corrected chi connectivity index (χ3v) is 5.19. The van der Waals surface area contributed by atoms with Gasteiger partial charge in [0, 0.05) is 38.3 Å². The molecule has 2 aromatic carbocycles. The lowest BCUT2D eigenvalue weighted by molar-refractivity contribution is 0.0901. The van der Waals surface area contributed by atoms with Crippen molar-refractivity contribution in [2.24, 2.45) is 0 Å². The fourth-order valence-electron chi connectivity index (χ4n) is 3.59. The van der Waals surface area contributed by atoms with Crippen LogP contribution in [0.4, 0.5) is 0 Å². The van der Waals surface area contributed by atoms with Crippen molar-refractivity contribution >= 4 is 5.91 Å². The van der Waals surface area contributed by atoms with Crippen molar-refractivity contribution in [3.05, 3.63) is 59.7 Å². The van der Waals surface area contributed by atoms with Crippen LogP contribution in [0, 0.1) is 0 Å². The first-order valence-electron chi connectivity index (χ1n) is 10.1. The van der Waals surface area contributed by atoms with E-state index in [1.54, 1.807) is 20.3 Å². The maximum absolute atomic E-state index is 12.8. The highest BCUT2D eigenvalue weighted by Gasteiger charge is 2.23. The number of likely N-dealkylation sites (tertiary alicyclic amines) is 1. The van der Waals surface area contributed by atoms with Crippen LogP contribution in [0.3, 0.4) is 0 Å². The molecule has 1 aliphatic rings. The molecule has 1 saturated heterocycles. The number of amides is 1. The molecule has 1 aliphatic heterocycles. The van der Waals surface area contributed by atoms with Crippen molar-refractivity contribution < 1.29 is 19.0 Å². The highest BCUT2D eigenvalue weighted by Crippen LogP contribution is 2.22. The molecule has 0 atom stereocenters. The van der Waals surface area contributed by atoms with Gasteiger partial charge in [-0.05, 0) is 31.0 Å². The number of hydrogen-bond donors (Lipinski definition) is 1. The summed E-state index contributed by atoms with van der Waals surface area (Å²) < 4.78 is 16.2. The maximum atomic E-state index is 12.8. The molecule has 156 valence electrons. The number of carbonyl (C=O) groups is 1. The molecule has 29 heavy (non-hydrogen) atoms. The molecule has 0 aromatic heterocycles. The fraction of sp³-hybridized carbons (Fsp3) is 0.435. The Kier molecular flexibility index (Phi) is 7.90. The third-order valence-electron chi connectivity index (χ3n) is 5.19. The van der Waals surface area contributed by atoms with Gasteiger partial charge in [0.15, 0.2) is 0 Å². The smallest absolute Gasteiger partial charge is 0.255 e. The van der Waals surface area contributed by atoms with E-state index in [1.165, 1.54) is 5.56 Å². The van der Waals surface area contributed by atoms with Crippen LogP contribution in [0.15, 0.2) is 48.5 Å². The number of methoxy groups -OCH3 is 2. The molecule has 6 nitrogen and oxygen atoms in total. The summed E-state index contributed by atoms with van der Waals surface area (Å²) in [4.78, 5) is 15.2. The van der Waals surface area contributed by atoms with E-state index in [9.17, 15) is 4.79 Å². The number of rotatable bonds is 9. The Labute approximate surface area is 172 Å². The van der Waals surface area contributed by atoms with Crippen LogP contribution >= 0.6 is 0 Å². The zero-order valence-electron chi connectivity index (χ0n) is 17.2. The highest BCUT2D eigenvalue weighted by atomic mass is 16.5. The van der Waals surface area contributed by atoms with Crippen LogP contribution in [0.5, 0.6) is 11.5 Å². The van der Waals surface area contributed by atoms with Gasteiger partial charge in [0.05, 0.1) is 19.3 Å². The van der Waals surface area contributed by atoms with Crippen molar-refractivity contribution in [3.8, 4) is 11.5 Å². The van der Waals surface area contributed by atoms with Crippen LogP contribution in [-0.4, -0.2) is 57.4 Å². The van der Waals surface area contributed by atoms with Gasteiger partial charge in [0.2, 0.25) is 0 Å². The molecule has 0 bridgehead atoms. The van der Waals surface area contributed by atoms with Crippen LogP contribution in [-0.2, 0) is 11.3 Å². The van der Waals surface area contributed by atoms with Gasteiger partial charge in [-0.15, -0.1) is 0 Å². The average molecular weight is 399 g/mol. The summed E-state index contributed by atoms with van der Waals surface area (Å²) in [5.41, 5.74) is 1.76. The summed E-state index contributed by atoms with van der Waals surface area (Å²) in [6.07, 6.45) is 1.85. The second-order valence-electron chi connectivity index (χ2n) is 7.17. The number of para-hydroxylation sites is 2. The standard InChI is InChI=1S/C23H30N2O4/c1-27-15-16-29-22-10-6-4-8-20(22)23(26)24-19-11-13-25(14-12-19)17-18-7-3-5-9-21(18)28-2/h3-10,19H,11-17H2,1-2H3,(H,24,26). The average Bonchev–Trinajstić information content (AvgIpc) is 2.76. The van der Waals surface area contributed by atoms with Crippen LogP contribution in [0.2, 0.25) is 0 Å². The van der Waals surface area contributed by atoms with E-state index in [0.717, 1.165) is 38.2 Å². The second kappa shape index (κ2) is 10.8. The molecule has 0 aliphatic carbocycles. The Morgan fingerprint density at radius 1 is 1.00 bits per heavy atom. The largest absolute Gasteiger partial charge is 0.496 e. The Balaban J connectivity index is 1.51.